The zero-order valence-corrected chi connectivity index (χ0v) is 19.0. The molecular formula is C21H22N4O6S. The molecule has 168 valence electrons. The van der Waals surface area contributed by atoms with Crippen molar-refractivity contribution in [2.75, 3.05) is 33.6 Å². The Morgan fingerprint density at radius 2 is 1.69 bits per heavy atom. The average Bonchev–Trinajstić information content (AvgIpc) is 3.08. The molecule has 3 aromatic rings. The highest BCUT2D eigenvalue weighted by molar-refractivity contribution is 7.20. The van der Waals surface area contributed by atoms with Gasteiger partial charge in [-0.1, -0.05) is 0 Å². The first-order valence-corrected chi connectivity index (χ1v) is 10.3. The molecule has 0 aliphatic heterocycles. The maximum absolute atomic E-state index is 13.0. The highest BCUT2D eigenvalue weighted by Gasteiger charge is 2.21. The van der Waals surface area contributed by atoms with Gasteiger partial charge in [0.2, 0.25) is 0 Å². The molecule has 0 fully saturated rings. The van der Waals surface area contributed by atoms with Crippen LogP contribution in [0.1, 0.15) is 41.8 Å². The number of methoxy groups -OCH3 is 2. The Morgan fingerprint density at radius 3 is 2.22 bits per heavy atom. The summed E-state index contributed by atoms with van der Waals surface area (Å²) in [5, 5.41) is 3.02. The summed E-state index contributed by atoms with van der Waals surface area (Å²) in [7, 11) is 6.13. The molecule has 0 aliphatic carbocycles. The van der Waals surface area contributed by atoms with E-state index in [0.29, 0.717) is 33.0 Å². The van der Waals surface area contributed by atoms with Crippen LogP contribution in [0.2, 0.25) is 0 Å². The van der Waals surface area contributed by atoms with Crippen LogP contribution in [0.5, 0.6) is 0 Å². The number of nitrogens with zero attached hydrogens (tertiary/aromatic N) is 2. The van der Waals surface area contributed by atoms with Crippen LogP contribution >= 0.6 is 11.3 Å². The Kier molecular flexibility index (Phi) is 6.70. The standard InChI is InChI=1S/C21H22N4O6S/c1-10-15-17(26)23-14(9-25(2)3)24-19(15)32-16(10)18(27)22-13-7-11(20(28)30-4)6-12(8-13)21(29)31-5/h6-8H,9H2,1-5H3,(H,22,27)(H,23,24,26). The van der Waals surface area contributed by atoms with Crippen molar-refractivity contribution in [2.45, 2.75) is 13.5 Å². The van der Waals surface area contributed by atoms with Gasteiger partial charge in [0.1, 0.15) is 10.7 Å². The summed E-state index contributed by atoms with van der Waals surface area (Å²) in [4.78, 5) is 59.3. The molecule has 2 N–H and O–H groups in total. The molecule has 0 saturated carbocycles. The van der Waals surface area contributed by atoms with Gasteiger partial charge in [-0.3, -0.25) is 9.59 Å². The lowest BCUT2D eigenvalue weighted by Crippen LogP contribution is -2.18. The maximum atomic E-state index is 13.0. The number of H-pyrrole nitrogens is 1. The van der Waals surface area contributed by atoms with Crippen LogP contribution < -0.4 is 10.9 Å². The molecule has 11 heteroatoms. The lowest BCUT2D eigenvalue weighted by Gasteiger charge is -2.09. The minimum Gasteiger partial charge on any atom is -0.465 e. The van der Waals surface area contributed by atoms with Gasteiger partial charge in [0.15, 0.2) is 0 Å². The molecule has 0 saturated heterocycles. The van der Waals surface area contributed by atoms with E-state index < -0.39 is 17.8 Å². The molecule has 1 aromatic carbocycles. The smallest absolute Gasteiger partial charge is 0.337 e. The zero-order valence-electron chi connectivity index (χ0n) is 18.2. The number of carbonyl (C=O) groups excluding carboxylic acids is 3. The van der Waals surface area contributed by atoms with Gasteiger partial charge < -0.3 is 24.7 Å². The van der Waals surface area contributed by atoms with Crippen LogP contribution in [0.3, 0.4) is 0 Å². The van der Waals surface area contributed by atoms with E-state index in [1.54, 1.807) is 6.92 Å². The zero-order chi connectivity index (χ0) is 23.6. The third-order valence-corrected chi connectivity index (χ3v) is 5.74. The number of benzene rings is 1. The predicted molar refractivity (Wildman–Crippen MR) is 119 cm³/mol. The molecule has 2 heterocycles. The number of anilines is 1. The topological polar surface area (TPSA) is 131 Å². The fraction of sp³-hybridized carbons (Fsp3) is 0.286. The molecule has 0 unspecified atom stereocenters. The van der Waals surface area contributed by atoms with Gasteiger partial charge in [-0.15, -0.1) is 11.3 Å². The SMILES string of the molecule is COC(=O)c1cc(NC(=O)c2sc3nc(CN(C)C)[nH]c(=O)c3c2C)cc(C(=O)OC)c1. The quantitative estimate of drug-likeness (QED) is 0.538. The van der Waals surface area contributed by atoms with Crippen molar-refractivity contribution in [1.82, 2.24) is 14.9 Å². The lowest BCUT2D eigenvalue weighted by atomic mass is 10.1. The van der Waals surface area contributed by atoms with E-state index in [9.17, 15) is 19.2 Å². The number of hydrogen-bond acceptors (Lipinski definition) is 9. The van der Waals surface area contributed by atoms with Crippen molar-refractivity contribution in [3.8, 4) is 0 Å². The highest BCUT2D eigenvalue weighted by Crippen LogP contribution is 2.28. The summed E-state index contributed by atoms with van der Waals surface area (Å²) in [5.41, 5.74) is 0.519. The normalized spacial score (nSPS) is 10.9. The summed E-state index contributed by atoms with van der Waals surface area (Å²) in [5.74, 6) is -1.35. The Balaban J connectivity index is 2.00. The van der Waals surface area contributed by atoms with Crippen molar-refractivity contribution < 1.29 is 23.9 Å². The molecule has 0 spiro atoms. The summed E-state index contributed by atoms with van der Waals surface area (Å²) >= 11 is 1.09. The van der Waals surface area contributed by atoms with E-state index in [2.05, 4.69) is 15.3 Å². The third kappa shape index (κ3) is 4.68. The number of amides is 1. The van der Waals surface area contributed by atoms with Crippen LogP contribution in [0.15, 0.2) is 23.0 Å². The first kappa shape index (κ1) is 23.1. The van der Waals surface area contributed by atoms with E-state index >= 15 is 0 Å². The molecule has 1 amide bonds. The van der Waals surface area contributed by atoms with Crippen molar-refractivity contribution in [3.05, 3.63) is 55.9 Å². The van der Waals surface area contributed by atoms with Gasteiger partial charge in [0, 0.05) is 5.69 Å². The van der Waals surface area contributed by atoms with E-state index in [1.807, 2.05) is 19.0 Å². The van der Waals surface area contributed by atoms with Gasteiger partial charge >= 0.3 is 11.9 Å². The fourth-order valence-electron chi connectivity index (χ4n) is 3.14. The number of ether oxygens (including phenoxy) is 2. The molecule has 2 aromatic heterocycles. The molecule has 3 rings (SSSR count). The van der Waals surface area contributed by atoms with Gasteiger partial charge in [0.25, 0.3) is 11.5 Å². The van der Waals surface area contributed by atoms with Gasteiger partial charge in [-0.2, -0.15) is 0 Å². The van der Waals surface area contributed by atoms with Gasteiger partial charge in [-0.25, -0.2) is 14.6 Å². The minimum absolute atomic E-state index is 0.0743. The predicted octanol–water partition coefficient (Wildman–Crippen LogP) is 2.18. The number of aryl methyl sites for hydroxylation is 1. The lowest BCUT2D eigenvalue weighted by molar-refractivity contribution is 0.0599. The van der Waals surface area contributed by atoms with Crippen molar-refractivity contribution in [3.63, 3.8) is 0 Å². The van der Waals surface area contributed by atoms with Gasteiger partial charge in [0.05, 0.1) is 42.2 Å². The monoisotopic (exact) mass is 458 g/mol. The summed E-state index contributed by atoms with van der Waals surface area (Å²) in [6.45, 7) is 2.11. The van der Waals surface area contributed by atoms with Crippen LogP contribution in [0.4, 0.5) is 5.69 Å². The third-order valence-electron chi connectivity index (χ3n) is 4.55. The summed E-state index contributed by atoms with van der Waals surface area (Å²) in [6, 6.07) is 4.09. The second-order valence-electron chi connectivity index (χ2n) is 7.22. The van der Waals surface area contributed by atoms with Crippen molar-refractivity contribution >= 4 is 45.1 Å². The number of aromatic amines is 1. The summed E-state index contributed by atoms with van der Waals surface area (Å²) in [6.07, 6.45) is 0. The molecular weight excluding hydrogens is 436 g/mol. The van der Waals surface area contributed by atoms with Crippen LogP contribution in [0, 0.1) is 6.92 Å². The van der Waals surface area contributed by atoms with Crippen LogP contribution in [-0.4, -0.2) is 61.0 Å². The first-order chi connectivity index (χ1) is 15.1. The van der Waals surface area contributed by atoms with Gasteiger partial charge in [-0.05, 0) is 44.8 Å². The van der Waals surface area contributed by atoms with Crippen LogP contribution in [-0.2, 0) is 16.0 Å². The van der Waals surface area contributed by atoms with E-state index in [-0.39, 0.29) is 22.4 Å². The van der Waals surface area contributed by atoms with Crippen molar-refractivity contribution in [1.29, 1.82) is 0 Å². The fourth-order valence-corrected chi connectivity index (χ4v) is 4.23. The Morgan fingerprint density at radius 1 is 1.09 bits per heavy atom. The minimum atomic E-state index is -0.673. The Bertz CT molecular complexity index is 1240. The summed E-state index contributed by atoms with van der Waals surface area (Å²) < 4.78 is 9.42. The highest BCUT2D eigenvalue weighted by atomic mass is 32.1. The first-order valence-electron chi connectivity index (χ1n) is 9.44. The molecule has 0 atom stereocenters. The Hall–Kier alpha value is -3.57. The molecule has 10 nitrogen and oxygen atoms in total. The van der Waals surface area contributed by atoms with Crippen LogP contribution in [0.25, 0.3) is 10.2 Å². The number of nitrogens with one attached hydrogen (secondary N) is 2. The number of fused-ring (bicyclic) bond motifs is 1. The average molecular weight is 458 g/mol. The van der Waals surface area contributed by atoms with E-state index in [1.165, 1.54) is 32.4 Å². The molecule has 0 aliphatic rings. The van der Waals surface area contributed by atoms with Crippen molar-refractivity contribution in [2.24, 2.45) is 0 Å². The number of aromatic nitrogens is 2. The second kappa shape index (κ2) is 9.28. The number of hydrogen-bond donors (Lipinski definition) is 2. The number of carbonyl (C=O) groups is 3. The Labute approximate surface area is 187 Å². The maximum Gasteiger partial charge on any atom is 0.337 e. The largest absolute Gasteiger partial charge is 0.465 e. The molecule has 0 radical (unpaired) electrons. The molecule has 0 bridgehead atoms. The second-order valence-corrected chi connectivity index (χ2v) is 8.22. The number of esters is 2. The molecule has 32 heavy (non-hydrogen) atoms. The van der Waals surface area contributed by atoms with E-state index in [4.69, 9.17) is 9.47 Å². The van der Waals surface area contributed by atoms with E-state index in [0.717, 1.165) is 11.3 Å². The number of rotatable bonds is 6. The number of thiophene rings is 1.